The predicted molar refractivity (Wildman–Crippen MR) is 80.8 cm³/mol. The third-order valence-corrected chi connectivity index (χ3v) is 3.56. The first-order chi connectivity index (χ1) is 9.33. The molecule has 96 valence electrons. The molecule has 0 amide bonds. The largest absolute Gasteiger partial charge is 0.346 e. The highest BCUT2D eigenvalue weighted by Gasteiger charge is 2.03. The standard InChI is InChI=1S/C15H14BrN3/c16-13-4-1-3-11(7-13)8-17-9-12-10-19-15-14(12)5-2-6-18-15/h1-7,10,17H,8-9H2,(H,18,19). The van der Waals surface area contributed by atoms with Crippen LogP contribution in [0.25, 0.3) is 11.0 Å². The average Bonchev–Trinajstić information content (AvgIpc) is 2.83. The van der Waals surface area contributed by atoms with Crippen molar-refractivity contribution < 1.29 is 0 Å². The van der Waals surface area contributed by atoms with Crippen LogP contribution in [-0.2, 0) is 13.1 Å². The number of pyridine rings is 1. The number of H-pyrrole nitrogens is 1. The van der Waals surface area contributed by atoms with E-state index in [1.165, 1.54) is 16.5 Å². The summed E-state index contributed by atoms with van der Waals surface area (Å²) in [6, 6.07) is 12.4. The van der Waals surface area contributed by atoms with Crippen LogP contribution in [0.3, 0.4) is 0 Å². The molecule has 3 nitrogen and oxygen atoms in total. The molecular weight excluding hydrogens is 302 g/mol. The van der Waals surface area contributed by atoms with Gasteiger partial charge in [-0.2, -0.15) is 0 Å². The van der Waals surface area contributed by atoms with E-state index in [4.69, 9.17) is 0 Å². The molecule has 0 radical (unpaired) electrons. The van der Waals surface area contributed by atoms with E-state index in [0.717, 1.165) is 23.2 Å². The van der Waals surface area contributed by atoms with Crippen LogP contribution in [0.1, 0.15) is 11.1 Å². The molecule has 0 saturated carbocycles. The molecule has 0 aliphatic carbocycles. The molecule has 2 aromatic heterocycles. The summed E-state index contributed by atoms with van der Waals surface area (Å²) in [6.45, 7) is 1.69. The van der Waals surface area contributed by atoms with Gasteiger partial charge in [-0.1, -0.05) is 28.1 Å². The monoisotopic (exact) mass is 315 g/mol. The fourth-order valence-electron chi connectivity index (χ4n) is 2.15. The van der Waals surface area contributed by atoms with Crippen LogP contribution >= 0.6 is 15.9 Å². The number of aromatic amines is 1. The van der Waals surface area contributed by atoms with Gasteiger partial charge in [0.1, 0.15) is 5.65 Å². The van der Waals surface area contributed by atoms with Gasteiger partial charge in [0.05, 0.1) is 0 Å². The van der Waals surface area contributed by atoms with Gasteiger partial charge in [0.25, 0.3) is 0 Å². The highest BCUT2D eigenvalue weighted by atomic mass is 79.9. The summed E-state index contributed by atoms with van der Waals surface area (Å²) in [7, 11) is 0. The second kappa shape index (κ2) is 5.55. The number of nitrogens with one attached hydrogen (secondary N) is 2. The summed E-state index contributed by atoms with van der Waals surface area (Å²) in [5.74, 6) is 0. The van der Waals surface area contributed by atoms with Crippen molar-refractivity contribution in [2.45, 2.75) is 13.1 Å². The first-order valence-corrected chi connectivity index (χ1v) is 6.98. The Kier molecular flexibility index (Phi) is 3.62. The molecule has 3 aromatic rings. The number of rotatable bonds is 4. The first-order valence-electron chi connectivity index (χ1n) is 6.19. The Hall–Kier alpha value is -1.65. The molecule has 2 N–H and O–H groups in total. The molecule has 0 spiro atoms. The molecule has 0 unspecified atom stereocenters. The van der Waals surface area contributed by atoms with Crippen molar-refractivity contribution in [2.24, 2.45) is 0 Å². The molecule has 0 fully saturated rings. The average molecular weight is 316 g/mol. The number of nitrogens with zero attached hydrogens (tertiary/aromatic N) is 1. The fraction of sp³-hybridized carbons (Fsp3) is 0.133. The van der Waals surface area contributed by atoms with E-state index < -0.39 is 0 Å². The Labute approximate surface area is 120 Å². The summed E-state index contributed by atoms with van der Waals surface area (Å²) in [5.41, 5.74) is 3.46. The second-order valence-electron chi connectivity index (χ2n) is 4.45. The number of halogens is 1. The van der Waals surface area contributed by atoms with Crippen LogP contribution in [-0.4, -0.2) is 9.97 Å². The van der Waals surface area contributed by atoms with Gasteiger partial charge in [-0.25, -0.2) is 4.98 Å². The fourth-order valence-corrected chi connectivity index (χ4v) is 2.59. The molecule has 2 heterocycles. The molecule has 19 heavy (non-hydrogen) atoms. The van der Waals surface area contributed by atoms with Gasteiger partial charge in [-0.15, -0.1) is 0 Å². The van der Waals surface area contributed by atoms with Crippen molar-refractivity contribution in [3.63, 3.8) is 0 Å². The molecule has 0 aliphatic heterocycles. The number of fused-ring (bicyclic) bond motifs is 1. The first kappa shape index (κ1) is 12.4. The Morgan fingerprint density at radius 2 is 2.11 bits per heavy atom. The lowest BCUT2D eigenvalue weighted by Crippen LogP contribution is -2.12. The van der Waals surface area contributed by atoms with Crippen LogP contribution in [0, 0.1) is 0 Å². The maximum Gasteiger partial charge on any atom is 0.137 e. The van der Waals surface area contributed by atoms with Gasteiger partial charge in [0.2, 0.25) is 0 Å². The lowest BCUT2D eigenvalue weighted by Gasteiger charge is -2.04. The van der Waals surface area contributed by atoms with Crippen molar-refractivity contribution in [1.82, 2.24) is 15.3 Å². The molecular formula is C15H14BrN3. The van der Waals surface area contributed by atoms with E-state index in [9.17, 15) is 0 Å². The number of benzene rings is 1. The normalized spacial score (nSPS) is 11.0. The lowest BCUT2D eigenvalue weighted by atomic mass is 10.2. The zero-order valence-corrected chi connectivity index (χ0v) is 11.9. The van der Waals surface area contributed by atoms with Crippen LogP contribution in [0.4, 0.5) is 0 Å². The lowest BCUT2D eigenvalue weighted by molar-refractivity contribution is 0.696. The number of hydrogen-bond donors (Lipinski definition) is 2. The summed E-state index contributed by atoms with van der Waals surface area (Å²) < 4.78 is 1.11. The minimum atomic E-state index is 0.832. The summed E-state index contributed by atoms with van der Waals surface area (Å²) in [5, 5.41) is 4.64. The Morgan fingerprint density at radius 3 is 3.00 bits per heavy atom. The maximum atomic E-state index is 4.29. The minimum absolute atomic E-state index is 0.832. The summed E-state index contributed by atoms with van der Waals surface area (Å²) >= 11 is 3.48. The molecule has 0 aliphatic rings. The third kappa shape index (κ3) is 2.85. The van der Waals surface area contributed by atoms with E-state index in [2.05, 4.69) is 55.5 Å². The van der Waals surface area contributed by atoms with Crippen LogP contribution < -0.4 is 5.32 Å². The molecule has 3 rings (SSSR count). The van der Waals surface area contributed by atoms with Crippen molar-refractivity contribution in [3.05, 3.63) is 64.4 Å². The van der Waals surface area contributed by atoms with Crippen molar-refractivity contribution in [2.75, 3.05) is 0 Å². The van der Waals surface area contributed by atoms with Crippen molar-refractivity contribution in [3.8, 4) is 0 Å². The topological polar surface area (TPSA) is 40.7 Å². The third-order valence-electron chi connectivity index (χ3n) is 3.07. The predicted octanol–water partition coefficient (Wildman–Crippen LogP) is 3.62. The van der Waals surface area contributed by atoms with E-state index in [0.29, 0.717) is 0 Å². The molecule has 1 aromatic carbocycles. The Morgan fingerprint density at radius 1 is 1.16 bits per heavy atom. The quantitative estimate of drug-likeness (QED) is 0.772. The van der Waals surface area contributed by atoms with Gasteiger partial charge in [0.15, 0.2) is 0 Å². The van der Waals surface area contributed by atoms with Gasteiger partial charge in [0, 0.05) is 35.3 Å². The van der Waals surface area contributed by atoms with Gasteiger partial charge in [-0.3, -0.25) is 0 Å². The van der Waals surface area contributed by atoms with Crippen molar-refractivity contribution >= 4 is 27.0 Å². The van der Waals surface area contributed by atoms with Crippen molar-refractivity contribution in [1.29, 1.82) is 0 Å². The van der Waals surface area contributed by atoms with Gasteiger partial charge < -0.3 is 10.3 Å². The summed E-state index contributed by atoms with van der Waals surface area (Å²) in [4.78, 5) is 7.48. The minimum Gasteiger partial charge on any atom is -0.346 e. The Balaban J connectivity index is 1.66. The molecule has 0 saturated heterocycles. The summed E-state index contributed by atoms with van der Waals surface area (Å²) in [6.07, 6.45) is 3.82. The highest BCUT2D eigenvalue weighted by Crippen LogP contribution is 2.16. The zero-order chi connectivity index (χ0) is 13.1. The van der Waals surface area contributed by atoms with E-state index in [1.54, 1.807) is 6.20 Å². The molecule has 0 atom stereocenters. The van der Waals surface area contributed by atoms with Crippen LogP contribution in [0.15, 0.2) is 53.3 Å². The van der Waals surface area contributed by atoms with Crippen LogP contribution in [0.2, 0.25) is 0 Å². The number of aromatic nitrogens is 2. The second-order valence-corrected chi connectivity index (χ2v) is 5.36. The molecule has 4 heteroatoms. The molecule has 0 bridgehead atoms. The van der Waals surface area contributed by atoms with Crippen LogP contribution in [0.5, 0.6) is 0 Å². The van der Waals surface area contributed by atoms with E-state index in [1.807, 2.05) is 18.3 Å². The Bertz CT molecular complexity index is 690. The SMILES string of the molecule is Brc1cccc(CNCc2c[nH]c3ncccc23)c1. The zero-order valence-electron chi connectivity index (χ0n) is 10.4. The maximum absolute atomic E-state index is 4.29. The smallest absolute Gasteiger partial charge is 0.137 e. The van der Waals surface area contributed by atoms with Gasteiger partial charge in [-0.05, 0) is 35.4 Å². The van der Waals surface area contributed by atoms with Gasteiger partial charge >= 0.3 is 0 Å². The van der Waals surface area contributed by atoms with E-state index >= 15 is 0 Å². The van der Waals surface area contributed by atoms with E-state index in [-0.39, 0.29) is 0 Å². The number of hydrogen-bond acceptors (Lipinski definition) is 2. The highest BCUT2D eigenvalue weighted by molar-refractivity contribution is 9.10.